The van der Waals surface area contributed by atoms with E-state index in [0.29, 0.717) is 24.9 Å². The zero-order chi connectivity index (χ0) is 25.2. The molecule has 0 aromatic heterocycles. The summed E-state index contributed by atoms with van der Waals surface area (Å²) in [5.41, 5.74) is 8.44. The Kier molecular flexibility index (Phi) is 7.59. The predicted molar refractivity (Wildman–Crippen MR) is 141 cm³/mol. The highest BCUT2D eigenvalue weighted by atomic mass is 16.2. The molecule has 0 aliphatic heterocycles. The van der Waals surface area contributed by atoms with Gasteiger partial charge in [0.05, 0.1) is 0 Å². The molecule has 3 rings (SSSR count). The number of amides is 4. The first-order valence-corrected chi connectivity index (χ1v) is 12.1. The van der Waals surface area contributed by atoms with E-state index in [1.54, 1.807) is 0 Å². The van der Waals surface area contributed by atoms with Crippen molar-refractivity contribution in [2.24, 2.45) is 17.3 Å². The fourth-order valence-electron chi connectivity index (χ4n) is 5.32. The van der Waals surface area contributed by atoms with Crippen LogP contribution < -0.4 is 21.3 Å². The molecule has 6 nitrogen and oxygen atoms in total. The van der Waals surface area contributed by atoms with Gasteiger partial charge in [-0.2, -0.15) is 0 Å². The van der Waals surface area contributed by atoms with E-state index in [-0.39, 0.29) is 17.5 Å². The summed E-state index contributed by atoms with van der Waals surface area (Å²) in [6.45, 7) is 17.8. The molecule has 2 atom stereocenters. The van der Waals surface area contributed by atoms with E-state index in [1.165, 1.54) is 11.1 Å². The molecule has 4 N–H and O–H groups in total. The van der Waals surface area contributed by atoms with Crippen molar-refractivity contribution in [2.45, 2.75) is 61.8 Å². The van der Waals surface area contributed by atoms with Crippen LogP contribution in [0.1, 0.15) is 53.6 Å². The summed E-state index contributed by atoms with van der Waals surface area (Å²) in [4.78, 5) is 25.0. The lowest BCUT2D eigenvalue weighted by molar-refractivity contribution is -0.0142. The second kappa shape index (κ2) is 10.1. The number of benzene rings is 2. The third-order valence-electron chi connectivity index (χ3n) is 7.52. The average Bonchev–Trinajstić information content (AvgIpc) is 2.72. The maximum absolute atomic E-state index is 12.5. The molecule has 184 valence electrons. The Bertz CT molecular complexity index is 960. The zero-order valence-electron chi connectivity index (χ0n) is 21.9. The van der Waals surface area contributed by atoms with Crippen molar-refractivity contribution in [1.82, 2.24) is 10.6 Å². The van der Waals surface area contributed by atoms with Crippen molar-refractivity contribution in [3.8, 4) is 0 Å². The lowest BCUT2D eigenvalue weighted by Crippen LogP contribution is -2.54. The topological polar surface area (TPSA) is 82.3 Å². The number of carbonyl (C=O) groups excluding carboxylic acids is 2. The van der Waals surface area contributed by atoms with E-state index in [2.05, 4.69) is 73.2 Å². The Morgan fingerprint density at radius 2 is 1.03 bits per heavy atom. The van der Waals surface area contributed by atoms with Crippen molar-refractivity contribution in [1.29, 1.82) is 0 Å². The first kappa shape index (κ1) is 25.6. The van der Waals surface area contributed by atoms with E-state index in [9.17, 15) is 9.59 Å². The Labute approximate surface area is 204 Å². The van der Waals surface area contributed by atoms with Crippen LogP contribution >= 0.6 is 0 Å². The molecule has 0 spiro atoms. The van der Waals surface area contributed by atoms with Crippen LogP contribution in [0.2, 0.25) is 0 Å². The van der Waals surface area contributed by atoms with Gasteiger partial charge in [0.25, 0.3) is 0 Å². The third kappa shape index (κ3) is 5.72. The summed E-state index contributed by atoms with van der Waals surface area (Å²) < 4.78 is 0. The SMILES string of the molecule is Cc1cc(C)c(NC(=O)NC[C@@H]2C[C@H](CNC(=O)Nc3c(C)cc(C)cc3C)C2(C)C)c(C)c1. The van der Waals surface area contributed by atoms with Crippen molar-refractivity contribution >= 4 is 23.4 Å². The molecule has 2 aromatic carbocycles. The predicted octanol–water partition coefficient (Wildman–Crippen LogP) is 6.14. The summed E-state index contributed by atoms with van der Waals surface area (Å²) in [6, 6.07) is 7.96. The highest BCUT2D eigenvalue weighted by Gasteiger charge is 2.47. The van der Waals surface area contributed by atoms with Crippen molar-refractivity contribution in [2.75, 3.05) is 23.7 Å². The number of hydrogen-bond donors (Lipinski definition) is 4. The van der Waals surface area contributed by atoms with Gasteiger partial charge < -0.3 is 21.3 Å². The van der Waals surface area contributed by atoms with Crippen LogP contribution in [-0.2, 0) is 0 Å². The summed E-state index contributed by atoms with van der Waals surface area (Å²) >= 11 is 0. The maximum Gasteiger partial charge on any atom is 0.319 e. The molecule has 0 radical (unpaired) electrons. The molecule has 1 fully saturated rings. The maximum atomic E-state index is 12.5. The van der Waals surface area contributed by atoms with Gasteiger partial charge in [0.15, 0.2) is 0 Å². The molecule has 2 aromatic rings. The third-order valence-corrected chi connectivity index (χ3v) is 7.52. The van der Waals surface area contributed by atoms with Gasteiger partial charge in [0.1, 0.15) is 0 Å². The molecule has 0 unspecified atom stereocenters. The number of rotatable bonds is 6. The van der Waals surface area contributed by atoms with Gasteiger partial charge in [-0.1, -0.05) is 49.2 Å². The highest BCUT2D eigenvalue weighted by molar-refractivity contribution is 5.91. The van der Waals surface area contributed by atoms with E-state index in [0.717, 1.165) is 40.0 Å². The minimum absolute atomic E-state index is 0.0337. The van der Waals surface area contributed by atoms with Crippen molar-refractivity contribution < 1.29 is 9.59 Å². The lowest BCUT2D eigenvalue weighted by atomic mass is 9.54. The molecule has 1 saturated carbocycles. The first-order valence-electron chi connectivity index (χ1n) is 12.1. The molecule has 0 bridgehead atoms. The molecule has 0 heterocycles. The number of carbonyl (C=O) groups is 2. The van der Waals surface area contributed by atoms with E-state index >= 15 is 0 Å². The van der Waals surface area contributed by atoms with E-state index in [4.69, 9.17) is 0 Å². The molecular formula is C28H40N4O2. The molecule has 4 amide bonds. The molecule has 6 heteroatoms. The monoisotopic (exact) mass is 464 g/mol. The Morgan fingerprint density at radius 3 is 1.32 bits per heavy atom. The number of nitrogens with one attached hydrogen (secondary N) is 4. The smallest absolute Gasteiger partial charge is 0.319 e. The van der Waals surface area contributed by atoms with Gasteiger partial charge in [0, 0.05) is 24.5 Å². The largest absolute Gasteiger partial charge is 0.338 e. The molecule has 0 saturated heterocycles. The Balaban J connectivity index is 1.46. The Hall–Kier alpha value is -3.02. The second-order valence-corrected chi connectivity index (χ2v) is 10.7. The number of aryl methyl sites for hydroxylation is 6. The quantitative estimate of drug-likeness (QED) is 0.414. The minimum Gasteiger partial charge on any atom is -0.338 e. The van der Waals surface area contributed by atoms with Gasteiger partial charge in [-0.05, 0) is 87.5 Å². The van der Waals surface area contributed by atoms with Crippen LogP contribution in [0.25, 0.3) is 0 Å². The van der Waals surface area contributed by atoms with Crippen molar-refractivity contribution in [3.05, 3.63) is 57.6 Å². The van der Waals surface area contributed by atoms with Crippen LogP contribution in [0.3, 0.4) is 0 Å². The van der Waals surface area contributed by atoms with Crippen molar-refractivity contribution in [3.63, 3.8) is 0 Å². The fraction of sp³-hybridized carbons (Fsp3) is 0.500. The van der Waals surface area contributed by atoms with Gasteiger partial charge in [0.2, 0.25) is 0 Å². The van der Waals surface area contributed by atoms with Gasteiger partial charge in [-0.15, -0.1) is 0 Å². The van der Waals surface area contributed by atoms with Crippen LogP contribution in [-0.4, -0.2) is 25.2 Å². The van der Waals surface area contributed by atoms with Crippen LogP contribution in [0.15, 0.2) is 24.3 Å². The highest BCUT2D eigenvalue weighted by Crippen LogP contribution is 2.50. The van der Waals surface area contributed by atoms with Gasteiger partial charge >= 0.3 is 12.1 Å². The summed E-state index contributed by atoms with van der Waals surface area (Å²) in [5.74, 6) is 0.741. The molecule has 34 heavy (non-hydrogen) atoms. The van der Waals surface area contributed by atoms with Crippen LogP contribution in [0.5, 0.6) is 0 Å². The second-order valence-electron chi connectivity index (χ2n) is 10.7. The van der Waals surface area contributed by atoms with Gasteiger partial charge in [-0.3, -0.25) is 0 Å². The molecule has 1 aliphatic rings. The van der Waals surface area contributed by atoms with Crippen LogP contribution in [0.4, 0.5) is 21.0 Å². The zero-order valence-corrected chi connectivity index (χ0v) is 21.9. The summed E-state index contributed by atoms with van der Waals surface area (Å²) in [5, 5.41) is 12.1. The number of hydrogen-bond acceptors (Lipinski definition) is 2. The standard InChI is InChI=1S/C28H40N4O2/c1-16-9-18(3)24(19(4)10-16)31-26(33)29-14-22-13-23(28(22,7)8)15-30-27(34)32-25-20(5)11-17(2)12-21(25)6/h9-12,22-23H,13-15H2,1-8H3,(H2,29,31,33)(H2,30,32,34)/t22-,23+. The van der Waals surface area contributed by atoms with E-state index < -0.39 is 0 Å². The van der Waals surface area contributed by atoms with Crippen LogP contribution in [0, 0.1) is 58.8 Å². The molecular weight excluding hydrogens is 424 g/mol. The normalized spacial score (nSPS) is 18.6. The lowest BCUT2D eigenvalue weighted by Gasteiger charge is -2.52. The average molecular weight is 465 g/mol. The van der Waals surface area contributed by atoms with E-state index in [1.807, 2.05) is 27.7 Å². The molecule has 1 aliphatic carbocycles. The fourth-order valence-corrected chi connectivity index (χ4v) is 5.32. The first-order chi connectivity index (χ1) is 15.9. The summed E-state index contributed by atoms with van der Waals surface area (Å²) in [6.07, 6.45) is 0.971. The Morgan fingerprint density at radius 1 is 0.706 bits per heavy atom. The van der Waals surface area contributed by atoms with Gasteiger partial charge in [-0.25, -0.2) is 9.59 Å². The minimum atomic E-state index is -0.171. The number of anilines is 2. The number of urea groups is 2. The summed E-state index contributed by atoms with van der Waals surface area (Å²) in [7, 11) is 0.